The second-order valence-corrected chi connectivity index (χ2v) is 9.84. The molecule has 6 atom stereocenters. The van der Waals surface area contributed by atoms with E-state index < -0.39 is 50.7 Å². The molecule has 1 N–H and O–H groups in total. The van der Waals surface area contributed by atoms with Gasteiger partial charge in [0.05, 0.1) is 10.3 Å². The van der Waals surface area contributed by atoms with Gasteiger partial charge in [0.2, 0.25) is 6.10 Å². The van der Waals surface area contributed by atoms with Crippen molar-refractivity contribution in [2.75, 3.05) is 0 Å². The van der Waals surface area contributed by atoms with Gasteiger partial charge in [-0.25, -0.2) is 0 Å². The van der Waals surface area contributed by atoms with Crippen LogP contribution in [0.2, 0.25) is 0 Å². The molecule has 1 spiro atoms. The summed E-state index contributed by atoms with van der Waals surface area (Å²) < 4.78 is 75.9. The van der Waals surface area contributed by atoms with E-state index in [0.29, 0.717) is 30.6 Å². The van der Waals surface area contributed by atoms with Crippen molar-refractivity contribution in [2.24, 2.45) is 28.6 Å². The van der Waals surface area contributed by atoms with Gasteiger partial charge in [-0.05, 0) is 55.3 Å². The third-order valence-electron chi connectivity index (χ3n) is 7.52. The summed E-state index contributed by atoms with van der Waals surface area (Å²) >= 11 is 0. The van der Waals surface area contributed by atoms with Gasteiger partial charge in [-0.15, -0.1) is 0 Å². The highest BCUT2D eigenvalue weighted by molar-refractivity contribution is 7.90. The first-order valence-electron chi connectivity index (χ1n) is 8.46. The Morgan fingerprint density at radius 3 is 2.44 bits per heavy atom. The lowest BCUT2D eigenvalue weighted by Gasteiger charge is -2.71. The van der Waals surface area contributed by atoms with E-state index in [1.165, 1.54) is 0 Å². The van der Waals surface area contributed by atoms with Crippen molar-refractivity contribution in [3.05, 3.63) is 10.5 Å². The standard InChI is InChI=1S/C16H17F3O5S/c17-16(18,19)12(10-3-11(10)25(21,22)23)24-13(20)14-4-7-1-8-2-9(6-14)15(8,14)5-7/h7-9,12H,1-6H2,(H,21,22,23). The maximum Gasteiger partial charge on any atom is 0.429 e. The molecule has 4 saturated carbocycles. The van der Waals surface area contributed by atoms with Crippen LogP contribution in [0, 0.1) is 28.6 Å². The van der Waals surface area contributed by atoms with Crippen molar-refractivity contribution in [3.63, 3.8) is 0 Å². The molecule has 25 heavy (non-hydrogen) atoms. The lowest BCUT2D eigenvalue weighted by atomic mass is 9.32. The zero-order chi connectivity index (χ0) is 18.0. The van der Waals surface area contributed by atoms with Crippen LogP contribution in [0.15, 0.2) is 10.5 Å². The second-order valence-electron chi connectivity index (χ2n) is 8.39. The van der Waals surface area contributed by atoms with E-state index in [-0.39, 0.29) is 5.41 Å². The minimum absolute atomic E-state index is 0.158. The zero-order valence-corrected chi connectivity index (χ0v) is 14.0. The molecule has 0 heterocycles. The first-order chi connectivity index (χ1) is 11.5. The number of fused-ring (bicyclic) bond motifs is 1. The first kappa shape index (κ1) is 16.1. The average Bonchev–Trinajstić information content (AvgIpc) is 3.08. The first-order valence-corrected chi connectivity index (χ1v) is 9.90. The Bertz CT molecular complexity index is 831. The molecular weight excluding hydrogens is 361 g/mol. The summed E-state index contributed by atoms with van der Waals surface area (Å²) in [5.74, 6) is 0.417. The van der Waals surface area contributed by atoms with Crippen molar-refractivity contribution in [1.82, 2.24) is 0 Å². The van der Waals surface area contributed by atoms with Crippen molar-refractivity contribution >= 4 is 16.1 Å². The SMILES string of the molecule is O=C(OC(C1=C(S(=O)(=O)O)C1)C(F)(F)F)C12CC3CC4CC(C1)C42C3. The predicted octanol–water partition coefficient (Wildman–Crippen LogP) is 2.83. The number of ether oxygens (including phenoxy) is 1. The van der Waals surface area contributed by atoms with Crippen LogP contribution in [0.5, 0.6) is 0 Å². The van der Waals surface area contributed by atoms with E-state index in [1.807, 2.05) is 0 Å². The number of alkyl halides is 3. The van der Waals surface area contributed by atoms with E-state index >= 15 is 0 Å². The van der Waals surface area contributed by atoms with E-state index in [4.69, 9.17) is 9.29 Å². The highest BCUT2D eigenvalue weighted by Crippen LogP contribution is 2.86. The molecule has 9 heteroatoms. The molecule has 5 aliphatic carbocycles. The zero-order valence-electron chi connectivity index (χ0n) is 13.2. The molecule has 0 aliphatic heterocycles. The van der Waals surface area contributed by atoms with Crippen LogP contribution in [-0.4, -0.2) is 31.2 Å². The molecular formula is C16H17F3O5S. The Morgan fingerprint density at radius 1 is 1.20 bits per heavy atom. The van der Waals surface area contributed by atoms with Crippen molar-refractivity contribution in [1.29, 1.82) is 0 Å². The van der Waals surface area contributed by atoms with Gasteiger partial charge in [0.25, 0.3) is 10.1 Å². The second kappa shape index (κ2) is 4.24. The summed E-state index contributed by atoms with van der Waals surface area (Å²) in [4.78, 5) is 12.1. The van der Waals surface area contributed by atoms with Gasteiger partial charge in [0.15, 0.2) is 0 Å². The summed E-state index contributed by atoms with van der Waals surface area (Å²) in [5, 5.41) is 0. The highest BCUT2D eigenvalue weighted by Gasteiger charge is 2.83. The number of hydrogen-bond acceptors (Lipinski definition) is 4. The molecule has 4 fully saturated rings. The van der Waals surface area contributed by atoms with Crippen LogP contribution in [0.4, 0.5) is 13.2 Å². The topological polar surface area (TPSA) is 80.7 Å². The Hall–Kier alpha value is -1.09. The van der Waals surface area contributed by atoms with E-state index in [0.717, 1.165) is 19.3 Å². The molecule has 0 saturated heterocycles. The number of rotatable bonds is 4. The summed E-state index contributed by atoms with van der Waals surface area (Å²) in [5.41, 5.74) is -1.52. The normalized spacial score (nSPS) is 44.7. The number of esters is 1. The number of carbonyl (C=O) groups excluding carboxylic acids is 1. The number of allylic oxidation sites excluding steroid dienone is 1. The molecule has 0 aromatic carbocycles. The summed E-state index contributed by atoms with van der Waals surface area (Å²) in [6, 6.07) is 0. The fourth-order valence-corrected chi connectivity index (χ4v) is 7.50. The van der Waals surface area contributed by atoms with E-state index in [2.05, 4.69) is 0 Å². The summed E-state index contributed by atoms with van der Waals surface area (Å²) in [6.07, 6.45) is -3.75. The van der Waals surface area contributed by atoms with Crippen LogP contribution in [0.3, 0.4) is 0 Å². The fraction of sp³-hybridized carbons (Fsp3) is 0.812. The van der Waals surface area contributed by atoms with Crippen LogP contribution >= 0.6 is 0 Å². The smallest absolute Gasteiger partial charge is 0.429 e. The molecule has 0 aromatic heterocycles. The van der Waals surface area contributed by atoms with Gasteiger partial charge >= 0.3 is 12.1 Å². The van der Waals surface area contributed by atoms with Crippen molar-refractivity contribution < 1.29 is 35.7 Å². The lowest BCUT2D eigenvalue weighted by molar-refractivity contribution is -0.266. The summed E-state index contributed by atoms with van der Waals surface area (Å²) in [6.45, 7) is 0. The Labute approximate surface area is 142 Å². The third kappa shape index (κ3) is 1.79. The van der Waals surface area contributed by atoms with Gasteiger partial charge < -0.3 is 4.74 Å². The van der Waals surface area contributed by atoms with Crippen molar-refractivity contribution in [2.45, 2.75) is 50.8 Å². The minimum Gasteiger partial charge on any atom is -0.448 e. The van der Waals surface area contributed by atoms with Gasteiger partial charge in [0, 0.05) is 12.0 Å². The molecule has 6 unspecified atom stereocenters. The van der Waals surface area contributed by atoms with Gasteiger partial charge in [-0.1, -0.05) is 0 Å². The molecule has 0 radical (unpaired) electrons. The van der Waals surface area contributed by atoms with Crippen molar-refractivity contribution in [3.8, 4) is 0 Å². The molecule has 5 rings (SSSR count). The van der Waals surface area contributed by atoms with E-state index in [9.17, 15) is 26.4 Å². The molecule has 0 amide bonds. The number of carbonyl (C=O) groups is 1. The molecule has 5 nitrogen and oxygen atoms in total. The quantitative estimate of drug-likeness (QED) is 0.601. The molecule has 5 aliphatic rings. The Morgan fingerprint density at radius 2 is 1.92 bits per heavy atom. The van der Waals surface area contributed by atoms with Crippen LogP contribution < -0.4 is 0 Å². The largest absolute Gasteiger partial charge is 0.448 e. The third-order valence-corrected chi connectivity index (χ3v) is 8.55. The maximum atomic E-state index is 13.3. The predicted molar refractivity (Wildman–Crippen MR) is 77.5 cm³/mol. The average molecular weight is 378 g/mol. The monoisotopic (exact) mass is 378 g/mol. The Balaban J connectivity index is 1.43. The van der Waals surface area contributed by atoms with Gasteiger partial charge in [-0.2, -0.15) is 21.6 Å². The molecule has 0 aromatic rings. The molecule has 138 valence electrons. The number of hydrogen-bond donors (Lipinski definition) is 1. The van der Waals surface area contributed by atoms with Gasteiger partial charge in [-0.3, -0.25) is 9.35 Å². The minimum atomic E-state index is -4.90. The summed E-state index contributed by atoms with van der Waals surface area (Å²) in [7, 11) is -4.67. The maximum absolute atomic E-state index is 13.3. The van der Waals surface area contributed by atoms with Crippen LogP contribution in [0.1, 0.15) is 38.5 Å². The molecule has 2 bridgehead atoms. The van der Waals surface area contributed by atoms with Crippen LogP contribution in [0.25, 0.3) is 0 Å². The van der Waals surface area contributed by atoms with Crippen LogP contribution in [-0.2, 0) is 19.6 Å². The fourth-order valence-electron chi connectivity index (χ4n) is 6.72. The number of halogens is 3. The van der Waals surface area contributed by atoms with E-state index in [1.54, 1.807) is 0 Å². The lowest BCUT2D eigenvalue weighted by Crippen LogP contribution is -2.69. The van der Waals surface area contributed by atoms with Gasteiger partial charge in [0.1, 0.15) is 0 Å². The Kier molecular flexibility index (Phi) is 2.73. The highest BCUT2D eigenvalue weighted by atomic mass is 32.2.